The molecule has 0 aliphatic heterocycles. The van der Waals surface area contributed by atoms with Gasteiger partial charge in [-0.1, -0.05) is 30.3 Å². The molecule has 2 rings (SSSR count). The van der Waals surface area contributed by atoms with E-state index in [-0.39, 0.29) is 10.5 Å². The summed E-state index contributed by atoms with van der Waals surface area (Å²) in [5.74, 6) is -1.18. The SMILES string of the molecule is CCNc1ccc(C(=O)O)cc1S(=O)(=O)N[C@@H](C)c1ccccc1. The highest BCUT2D eigenvalue weighted by atomic mass is 32.2. The Morgan fingerprint density at radius 1 is 1.17 bits per heavy atom. The van der Waals surface area contributed by atoms with Crippen LogP contribution in [0.5, 0.6) is 0 Å². The monoisotopic (exact) mass is 348 g/mol. The number of carbonyl (C=O) groups is 1. The molecule has 0 saturated heterocycles. The van der Waals surface area contributed by atoms with Crippen LogP contribution in [0, 0.1) is 0 Å². The molecule has 7 heteroatoms. The number of carboxylic acid groups (broad SMARTS) is 1. The first-order valence-corrected chi connectivity index (χ1v) is 9.02. The van der Waals surface area contributed by atoms with Gasteiger partial charge in [-0.3, -0.25) is 0 Å². The highest BCUT2D eigenvalue weighted by molar-refractivity contribution is 7.89. The van der Waals surface area contributed by atoms with Crippen LogP contribution < -0.4 is 10.0 Å². The van der Waals surface area contributed by atoms with E-state index >= 15 is 0 Å². The Balaban J connectivity index is 2.40. The Labute approximate surface area is 141 Å². The number of nitrogens with one attached hydrogen (secondary N) is 2. The number of carboxylic acids is 1. The lowest BCUT2D eigenvalue weighted by Crippen LogP contribution is -2.28. The van der Waals surface area contributed by atoms with Crippen LogP contribution >= 0.6 is 0 Å². The molecule has 6 nitrogen and oxygen atoms in total. The molecule has 128 valence electrons. The van der Waals surface area contributed by atoms with Crippen molar-refractivity contribution in [2.75, 3.05) is 11.9 Å². The van der Waals surface area contributed by atoms with Crippen molar-refractivity contribution in [1.29, 1.82) is 0 Å². The summed E-state index contributed by atoms with van der Waals surface area (Å²) in [5, 5.41) is 12.1. The number of anilines is 1. The van der Waals surface area contributed by atoms with Crippen LogP contribution in [0.4, 0.5) is 5.69 Å². The quantitative estimate of drug-likeness (QED) is 0.715. The second-order valence-corrected chi connectivity index (χ2v) is 6.98. The van der Waals surface area contributed by atoms with Crippen LogP contribution in [0.1, 0.15) is 35.8 Å². The van der Waals surface area contributed by atoms with Gasteiger partial charge < -0.3 is 10.4 Å². The first-order chi connectivity index (χ1) is 11.3. The third kappa shape index (κ3) is 4.12. The predicted octanol–water partition coefficient (Wildman–Crippen LogP) is 2.86. The molecule has 2 aromatic carbocycles. The van der Waals surface area contributed by atoms with E-state index in [2.05, 4.69) is 10.0 Å². The maximum atomic E-state index is 12.7. The van der Waals surface area contributed by atoms with Crippen LogP contribution in [0.2, 0.25) is 0 Å². The molecule has 24 heavy (non-hydrogen) atoms. The van der Waals surface area contributed by atoms with Crippen molar-refractivity contribution >= 4 is 21.7 Å². The molecule has 0 radical (unpaired) electrons. The topological polar surface area (TPSA) is 95.5 Å². The largest absolute Gasteiger partial charge is 0.478 e. The maximum Gasteiger partial charge on any atom is 0.335 e. The molecule has 0 aromatic heterocycles. The summed E-state index contributed by atoms with van der Waals surface area (Å²) in [7, 11) is -3.89. The van der Waals surface area contributed by atoms with Gasteiger partial charge in [0, 0.05) is 12.6 Å². The Morgan fingerprint density at radius 2 is 1.83 bits per heavy atom. The molecular formula is C17H20N2O4S. The molecular weight excluding hydrogens is 328 g/mol. The summed E-state index contributed by atoms with van der Waals surface area (Å²) in [5.41, 5.74) is 1.11. The van der Waals surface area contributed by atoms with Crippen molar-refractivity contribution in [2.45, 2.75) is 24.8 Å². The summed E-state index contributed by atoms with van der Waals surface area (Å²) in [6.45, 7) is 4.09. The molecule has 3 N–H and O–H groups in total. The minimum absolute atomic E-state index is 0.0768. The molecule has 2 aromatic rings. The van der Waals surface area contributed by atoms with Crippen LogP contribution in [-0.4, -0.2) is 26.0 Å². The van der Waals surface area contributed by atoms with Gasteiger partial charge in [-0.05, 0) is 37.6 Å². The van der Waals surface area contributed by atoms with Crippen molar-refractivity contribution < 1.29 is 18.3 Å². The first-order valence-electron chi connectivity index (χ1n) is 7.53. The number of benzene rings is 2. The molecule has 0 bridgehead atoms. The summed E-state index contributed by atoms with van der Waals surface area (Å²) in [6, 6.07) is 12.7. The van der Waals surface area contributed by atoms with E-state index in [1.54, 1.807) is 6.92 Å². The molecule has 0 fully saturated rings. The normalized spacial score (nSPS) is 12.6. The van der Waals surface area contributed by atoms with E-state index < -0.39 is 22.0 Å². The lowest BCUT2D eigenvalue weighted by molar-refractivity contribution is 0.0696. The van der Waals surface area contributed by atoms with Crippen LogP contribution in [0.3, 0.4) is 0 Å². The third-order valence-corrected chi connectivity index (χ3v) is 5.10. The molecule has 0 unspecified atom stereocenters. The number of sulfonamides is 1. The third-order valence-electron chi connectivity index (χ3n) is 3.52. The van der Waals surface area contributed by atoms with E-state index in [9.17, 15) is 13.2 Å². The Kier molecular flexibility index (Phi) is 5.58. The van der Waals surface area contributed by atoms with Crippen molar-refractivity contribution in [3.63, 3.8) is 0 Å². The van der Waals surface area contributed by atoms with Crippen LogP contribution in [-0.2, 0) is 10.0 Å². The minimum atomic E-state index is -3.89. The average molecular weight is 348 g/mol. The minimum Gasteiger partial charge on any atom is -0.478 e. The number of hydrogen-bond acceptors (Lipinski definition) is 4. The van der Waals surface area contributed by atoms with Gasteiger partial charge >= 0.3 is 5.97 Å². The van der Waals surface area contributed by atoms with Gasteiger partial charge in [-0.15, -0.1) is 0 Å². The Bertz CT molecular complexity index is 820. The van der Waals surface area contributed by atoms with E-state index in [0.717, 1.165) is 5.56 Å². The number of hydrogen-bond donors (Lipinski definition) is 3. The molecule has 0 spiro atoms. The van der Waals surface area contributed by atoms with E-state index in [0.29, 0.717) is 12.2 Å². The summed E-state index contributed by atoms with van der Waals surface area (Å²) < 4.78 is 28.1. The Morgan fingerprint density at radius 3 is 2.42 bits per heavy atom. The molecule has 0 amide bonds. The fourth-order valence-corrected chi connectivity index (χ4v) is 3.76. The predicted molar refractivity (Wildman–Crippen MR) is 92.7 cm³/mol. The second-order valence-electron chi connectivity index (χ2n) is 5.30. The summed E-state index contributed by atoms with van der Waals surface area (Å²) >= 11 is 0. The van der Waals surface area contributed by atoms with Crippen LogP contribution in [0.15, 0.2) is 53.4 Å². The smallest absolute Gasteiger partial charge is 0.335 e. The van der Waals surface area contributed by atoms with Gasteiger partial charge in [0.1, 0.15) is 4.90 Å². The fourth-order valence-electron chi connectivity index (χ4n) is 2.32. The molecule has 0 heterocycles. The van der Waals surface area contributed by atoms with Crippen molar-refractivity contribution in [3.8, 4) is 0 Å². The van der Waals surface area contributed by atoms with E-state index in [1.165, 1.54) is 18.2 Å². The van der Waals surface area contributed by atoms with E-state index in [1.807, 2.05) is 37.3 Å². The molecule has 0 aliphatic carbocycles. The highest BCUT2D eigenvalue weighted by Gasteiger charge is 2.23. The lowest BCUT2D eigenvalue weighted by Gasteiger charge is -2.17. The van der Waals surface area contributed by atoms with Crippen LogP contribution in [0.25, 0.3) is 0 Å². The fraction of sp³-hybridized carbons (Fsp3) is 0.235. The van der Waals surface area contributed by atoms with Gasteiger partial charge in [0.25, 0.3) is 0 Å². The summed E-state index contributed by atoms with van der Waals surface area (Å²) in [6.07, 6.45) is 0. The van der Waals surface area contributed by atoms with Gasteiger partial charge in [0.2, 0.25) is 10.0 Å². The number of aromatic carboxylic acids is 1. The molecule has 0 saturated carbocycles. The summed E-state index contributed by atoms with van der Waals surface area (Å²) in [4.78, 5) is 11.1. The van der Waals surface area contributed by atoms with Crippen molar-refractivity contribution in [3.05, 3.63) is 59.7 Å². The standard InChI is InChI=1S/C17H20N2O4S/c1-3-18-15-10-9-14(17(20)21)11-16(15)24(22,23)19-12(2)13-7-5-4-6-8-13/h4-12,18-19H,3H2,1-2H3,(H,20,21)/t12-/m0/s1. The second kappa shape index (κ2) is 7.46. The Hall–Kier alpha value is -2.38. The van der Waals surface area contributed by atoms with Crippen molar-refractivity contribution in [1.82, 2.24) is 4.72 Å². The zero-order valence-electron chi connectivity index (χ0n) is 13.5. The maximum absolute atomic E-state index is 12.7. The zero-order valence-corrected chi connectivity index (χ0v) is 14.3. The molecule has 0 aliphatic rings. The molecule has 1 atom stereocenters. The van der Waals surface area contributed by atoms with Gasteiger partial charge in [0.15, 0.2) is 0 Å². The van der Waals surface area contributed by atoms with Crippen molar-refractivity contribution in [2.24, 2.45) is 0 Å². The van der Waals surface area contributed by atoms with Gasteiger partial charge in [-0.2, -0.15) is 0 Å². The average Bonchev–Trinajstić information content (AvgIpc) is 2.55. The van der Waals surface area contributed by atoms with Gasteiger partial charge in [0.05, 0.1) is 11.3 Å². The first kappa shape index (κ1) is 18.0. The van der Waals surface area contributed by atoms with E-state index in [4.69, 9.17) is 5.11 Å². The highest BCUT2D eigenvalue weighted by Crippen LogP contribution is 2.25. The lowest BCUT2D eigenvalue weighted by atomic mass is 10.1. The zero-order chi connectivity index (χ0) is 17.7. The number of rotatable bonds is 7. The van der Waals surface area contributed by atoms with Gasteiger partial charge in [-0.25, -0.2) is 17.9 Å².